The molecule has 0 spiro atoms. The van der Waals surface area contributed by atoms with Crippen molar-refractivity contribution in [2.24, 2.45) is 0 Å². The van der Waals surface area contributed by atoms with Crippen molar-refractivity contribution in [2.45, 2.75) is 39.8 Å². The van der Waals surface area contributed by atoms with Crippen molar-refractivity contribution in [3.8, 4) is 0 Å². The number of carbonyl (C=O) groups excluding carboxylic acids is 1. The molecule has 3 aromatic rings. The molecule has 1 atom stereocenters. The van der Waals surface area contributed by atoms with Crippen molar-refractivity contribution in [1.82, 2.24) is 15.1 Å². The van der Waals surface area contributed by atoms with Crippen molar-refractivity contribution in [2.75, 3.05) is 0 Å². The van der Waals surface area contributed by atoms with Gasteiger partial charge in [0.25, 0.3) is 5.56 Å². The Morgan fingerprint density at radius 3 is 2.42 bits per heavy atom. The van der Waals surface area contributed by atoms with Crippen LogP contribution in [0, 0.1) is 6.92 Å². The van der Waals surface area contributed by atoms with Crippen LogP contribution in [0.2, 0.25) is 0 Å². The molecule has 2 aromatic carbocycles. The summed E-state index contributed by atoms with van der Waals surface area (Å²) in [6, 6.07) is 15.4. The molecule has 0 aliphatic heterocycles. The Hall–Kier alpha value is -2.95. The van der Waals surface area contributed by atoms with Gasteiger partial charge in [0.2, 0.25) is 5.91 Å². The molecule has 1 unspecified atom stereocenters. The van der Waals surface area contributed by atoms with E-state index in [1.165, 1.54) is 10.2 Å². The molecule has 3 rings (SSSR count). The number of carbonyl (C=O) groups is 1. The summed E-state index contributed by atoms with van der Waals surface area (Å²) in [6.45, 7) is 5.78. The maximum Gasteiger partial charge on any atom is 0.275 e. The number of amides is 1. The zero-order chi connectivity index (χ0) is 18.7. The van der Waals surface area contributed by atoms with E-state index < -0.39 is 0 Å². The SMILES string of the molecule is CCc1ccc(C(C)NC(=O)Cn2nc(C)c3ccccc3c2=O)cc1. The van der Waals surface area contributed by atoms with E-state index >= 15 is 0 Å². The van der Waals surface area contributed by atoms with Gasteiger partial charge in [-0.2, -0.15) is 5.10 Å². The van der Waals surface area contributed by atoms with Gasteiger partial charge in [0.1, 0.15) is 6.54 Å². The van der Waals surface area contributed by atoms with E-state index in [0.29, 0.717) is 5.39 Å². The first kappa shape index (κ1) is 17.9. The molecule has 1 aromatic heterocycles. The standard InChI is InChI=1S/C21H23N3O2/c1-4-16-9-11-17(12-10-16)14(2)22-20(25)13-24-21(26)19-8-6-5-7-18(19)15(3)23-24/h5-12,14H,4,13H2,1-3H3,(H,22,25). The Morgan fingerprint density at radius 2 is 1.77 bits per heavy atom. The highest BCUT2D eigenvalue weighted by atomic mass is 16.2. The van der Waals surface area contributed by atoms with Crippen LogP contribution in [0.1, 0.15) is 36.7 Å². The number of rotatable bonds is 5. The zero-order valence-electron chi connectivity index (χ0n) is 15.3. The zero-order valence-corrected chi connectivity index (χ0v) is 15.3. The fourth-order valence-electron chi connectivity index (χ4n) is 3.06. The van der Waals surface area contributed by atoms with Gasteiger partial charge in [-0.25, -0.2) is 4.68 Å². The topological polar surface area (TPSA) is 64.0 Å². The molecule has 5 nitrogen and oxygen atoms in total. The summed E-state index contributed by atoms with van der Waals surface area (Å²) in [5, 5.41) is 8.62. The molecule has 0 fully saturated rings. The lowest BCUT2D eigenvalue weighted by Gasteiger charge is -2.15. The van der Waals surface area contributed by atoms with Crippen LogP contribution < -0.4 is 10.9 Å². The molecule has 5 heteroatoms. The Morgan fingerprint density at radius 1 is 1.12 bits per heavy atom. The fraction of sp³-hybridized carbons (Fsp3) is 0.286. The summed E-state index contributed by atoms with van der Waals surface area (Å²) < 4.78 is 1.24. The number of fused-ring (bicyclic) bond motifs is 1. The van der Waals surface area contributed by atoms with Gasteiger partial charge in [0, 0.05) is 5.39 Å². The van der Waals surface area contributed by atoms with Gasteiger partial charge in [-0.1, -0.05) is 49.4 Å². The number of nitrogens with one attached hydrogen (secondary N) is 1. The second-order valence-electron chi connectivity index (χ2n) is 6.48. The first-order chi connectivity index (χ1) is 12.5. The van der Waals surface area contributed by atoms with Crippen molar-refractivity contribution in [3.63, 3.8) is 0 Å². The number of aryl methyl sites for hydroxylation is 2. The van der Waals surface area contributed by atoms with E-state index in [0.717, 1.165) is 23.1 Å². The largest absolute Gasteiger partial charge is 0.348 e. The van der Waals surface area contributed by atoms with Crippen LogP contribution in [0.25, 0.3) is 10.8 Å². The highest BCUT2D eigenvalue weighted by Gasteiger charge is 2.13. The Labute approximate surface area is 152 Å². The molecule has 0 radical (unpaired) electrons. The lowest BCUT2D eigenvalue weighted by Crippen LogP contribution is -2.35. The van der Waals surface area contributed by atoms with E-state index in [1.807, 2.05) is 44.2 Å². The minimum atomic E-state index is -0.249. The van der Waals surface area contributed by atoms with E-state index in [1.54, 1.807) is 6.07 Å². The Balaban J connectivity index is 1.76. The molecule has 134 valence electrons. The molecule has 0 aliphatic rings. The molecule has 0 saturated carbocycles. The predicted octanol–water partition coefficient (Wildman–Crippen LogP) is 3.14. The van der Waals surface area contributed by atoms with Crippen LogP contribution in [0.3, 0.4) is 0 Å². The molecule has 0 saturated heterocycles. The van der Waals surface area contributed by atoms with E-state index in [9.17, 15) is 9.59 Å². The first-order valence-corrected chi connectivity index (χ1v) is 8.84. The van der Waals surface area contributed by atoms with Crippen molar-refractivity contribution in [3.05, 3.63) is 75.7 Å². The van der Waals surface area contributed by atoms with Crippen LogP contribution in [0.5, 0.6) is 0 Å². The van der Waals surface area contributed by atoms with E-state index in [2.05, 4.69) is 29.5 Å². The van der Waals surface area contributed by atoms with Crippen LogP contribution >= 0.6 is 0 Å². The summed E-state index contributed by atoms with van der Waals surface area (Å²) in [5.41, 5.74) is 2.78. The second kappa shape index (κ2) is 7.52. The molecule has 1 N–H and O–H groups in total. The lowest BCUT2D eigenvalue weighted by molar-refractivity contribution is -0.122. The van der Waals surface area contributed by atoms with Gasteiger partial charge in [0.05, 0.1) is 17.1 Å². The van der Waals surface area contributed by atoms with Crippen molar-refractivity contribution >= 4 is 16.7 Å². The maximum atomic E-state index is 12.6. The number of aromatic nitrogens is 2. The molecular formula is C21H23N3O2. The third-order valence-electron chi connectivity index (χ3n) is 4.61. The van der Waals surface area contributed by atoms with Gasteiger partial charge in [-0.15, -0.1) is 0 Å². The van der Waals surface area contributed by atoms with E-state index in [4.69, 9.17) is 0 Å². The summed E-state index contributed by atoms with van der Waals surface area (Å²) in [6.07, 6.45) is 0.983. The fourth-order valence-corrected chi connectivity index (χ4v) is 3.06. The van der Waals surface area contributed by atoms with Gasteiger partial charge in [-0.05, 0) is 37.5 Å². The molecule has 1 heterocycles. The molecule has 0 aliphatic carbocycles. The van der Waals surface area contributed by atoms with Crippen molar-refractivity contribution in [1.29, 1.82) is 0 Å². The minimum absolute atomic E-state index is 0.0953. The second-order valence-corrected chi connectivity index (χ2v) is 6.48. The highest BCUT2D eigenvalue weighted by Crippen LogP contribution is 2.14. The normalized spacial score (nSPS) is 12.1. The average Bonchev–Trinajstić information content (AvgIpc) is 2.66. The molecule has 0 bridgehead atoms. The summed E-state index contributed by atoms with van der Waals surface area (Å²) >= 11 is 0. The smallest absolute Gasteiger partial charge is 0.275 e. The van der Waals surface area contributed by atoms with Crippen molar-refractivity contribution < 1.29 is 4.79 Å². The summed E-state index contributed by atoms with van der Waals surface area (Å²) in [4.78, 5) is 25.0. The van der Waals surface area contributed by atoms with Crippen LogP contribution in [-0.4, -0.2) is 15.7 Å². The average molecular weight is 349 g/mol. The number of hydrogen-bond donors (Lipinski definition) is 1. The summed E-state index contributed by atoms with van der Waals surface area (Å²) in [7, 11) is 0. The van der Waals surface area contributed by atoms with Gasteiger partial charge in [0.15, 0.2) is 0 Å². The number of nitrogens with zero attached hydrogens (tertiary/aromatic N) is 2. The maximum absolute atomic E-state index is 12.6. The van der Waals surface area contributed by atoms with Crippen LogP contribution in [0.15, 0.2) is 53.3 Å². The molecule has 26 heavy (non-hydrogen) atoms. The number of hydrogen-bond acceptors (Lipinski definition) is 3. The third kappa shape index (κ3) is 3.67. The van der Waals surface area contributed by atoms with Crippen LogP contribution in [-0.2, 0) is 17.8 Å². The quantitative estimate of drug-likeness (QED) is 0.770. The van der Waals surface area contributed by atoms with Gasteiger partial charge < -0.3 is 5.32 Å². The Bertz CT molecular complexity index is 990. The summed E-state index contributed by atoms with van der Waals surface area (Å²) in [5.74, 6) is -0.235. The van der Waals surface area contributed by atoms with Gasteiger partial charge in [-0.3, -0.25) is 9.59 Å². The van der Waals surface area contributed by atoms with Gasteiger partial charge >= 0.3 is 0 Å². The number of benzene rings is 2. The monoisotopic (exact) mass is 349 g/mol. The van der Waals surface area contributed by atoms with E-state index in [-0.39, 0.29) is 24.1 Å². The Kier molecular flexibility index (Phi) is 5.16. The lowest BCUT2D eigenvalue weighted by atomic mass is 10.1. The highest BCUT2D eigenvalue weighted by molar-refractivity contribution is 5.83. The minimum Gasteiger partial charge on any atom is -0.348 e. The molecule has 1 amide bonds. The predicted molar refractivity (Wildman–Crippen MR) is 103 cm³/mol. The molecular weight excluding hydrogens is 326 g/mol. The van der Waals surface area contributed by atoms with Crippen LogP contribution in [0.4, 0.5) is 0 Å². The first-order valence-electron chi connectivity index (χ1n) is 8.84. The third-order valence-corrected chi connectivity index (χ3v) is 4.61.